The van der Waals surface area contributed by atoms with Crippen LogP contribution in [0.1, 0.15) is 28.8 Å². The van der Waals surface area contributed by atoms with E-state index >= 15 is 0 Å². The summed E-state index contributed by atoms with van der Waals surface area (Å²) in [5.41, 5.74) is 4.63. The van der Waals surface area contributed by atoms with Gasteiger partial charge in [0.05, 0.1) is 5.69 Å². The molecular formula is C19H18ClN3O3. The Morgan fingerprint density at radius 2 is 1.73 bits per heavy atom. The molecule has 26 heavy (non-hydrogen) atoms. The molecule has 0 bridgehead atoms. The highest BCUT2D eigenvalue weighted by Crippen LogP contribution is 2.17. The van der Waals surface area contributed by atoms with Gasteiger partial charge in [-0.05, 0) is 48.4 Å². The molecule has 0 unspecified atom stereocenters. The first-order valence-corrected chi connectivity index (χ1v) is 8.66. The molecule has 0 aliphatic carbocycles. The average molecular weight is 372 g/mol. The number of hydrogen-bond donors (Lipinski definition) is 2. The van der Waals surface area contributed by atoms with E-state index in [0.29, 0.717) is 29.2 Å². The number of hydrazine groups is 1. The molecule has 3 rings (SSSR count). The van der Waals surface area contributed by atoms with Crippen molar-refractivity contribution in [3.8, 4) is 0 Å². The van der Waals surface area contributed by atoms with Crippen molar-refractivity contribution in [3.05, 3.63) is 64.7 Å². The number of hydrogen-bond acceptors (Lipinski definition) is 3. The van der Waals surface area contributed by atoms with Crippen molar-refractivity contribution in [2.75, 3.05) is 11.6 Å². The number of carbonyl (C=O) groups excluding carboxylic acids is 3. The quantitative estimate of drug-likeness (QED) is 0.847. The molecule has 1 aliphatic heterocycles. The number of nitrogens with zero attached hydrogens (tertiary/aromatic N) is 1. The molecule has 2 aromatic carbocycles. The molecule has 1 heterocycles. The van der Waals surface area contributed by atoms with E-state index in [4.69, 9.17) is 11.6 Å². The molecular weight excluding hydrogens is 354 g/mol. The molecule has 2 aromatic rings. The first-order valence-electron chi connectivity index (χ1n) is 8.28. The smallest absolute Gasteiger partial charge is 0.251 e. The SMILES string of the molecule is O=C1CCC(=O)N(c2ccc(C(=O)NCCc3ccc(Cl)cc3)cc2)N1. The lowest BCUT2D eigenvalue weighted by molar-refractivity contribution is -0.130. The van der Waals surface area contributed by atoms with E-state index in [1.807, 2.05) is 24.3 Å². The average Bonchev–Trinajstić information content (AvgIpc) is 2.65. The lowest BCUT2D eigenvalue weighted by Crippen LogP contribution is -2.50. The van der Waals surface area contributed by atoms with Gasteiger partial charge in [-0.15, -0.1) is 0 Å². The van der Waals surface area contributed by atoms with Crippen molar-refractivity contribution >= 4 is 35.0 Å². The van der Waals surface area contributed by atoms with Crippen molar-refractivity contribution in [1.82, 2.24) is 10.7 Å². The third kappa shape index (κ3) is 4.40. The zero-order valence-corrected chi connectivity index (χ0v) is 14.8. The van der Waals surface area contributed by atoms with Gasteiger partial charge >= 0.3 is 0 Å². The highest BCUT2D eigenvalue weighted by molar-refractivity contribution is 6.30. The normalized spacial score (nSPS) is 14.1. The van der Waals surface area contributed by atoms with Crippen molar-refractivity contribution in [3.63, 3.8) is 0 Å². The summed E-state index contributed by atoms with van der Waals surface area (Å²) in [6.45, 7) is 0.503. The molecule has 134 valence electrons. The van der Waals surface area contributed by atoms with Crippen molar-refractivity contribution in [2.24, 2.45) is 0 Å². The lowest BCUT2D eigenvalue weighted by atomic mass is 10.1. The van der Waals surface area contributed by atoms with Crippen molar-refractivity contribution in [2.45, 2.75) is 19.3 Å². The number of amides is 3. The second-order valence-electron chi connectivity index (χ2n) is 5.94. The van der Waals surface area contributed by atoms with Gasteiger partial charge in [0.15, 0.2) is 0 Å². The first kappa shape index (κ1) is 17.9. The maximum atomic E-state index is 12.2. The Morgan fingerprint density at radius 1 is 1.04 bits per heavy atom. The topological polar surface area (TPSA) is 78.5 Å². The maximum Gasteiger partial charge on any atom is 0.251 e. The largest absolute Gasteiger partial charge is 0.352 e. The van der Waals surface area contributed by atoms with Crippen LogP contribution in [0.25, 0.3) is 0 Å². The minimum atomic E-state index is -0.200. The molecule has 0 spiro atoms. The van der Waals surface area contributed by atoms with Gasteiger partial charge in [-0.3, -0.25) is 19.8 Å². The molecule has 0 atom stereocenters. The molecule has 3 amide bonds. The number of halogens is 1. The Bertz CT molecular complexity index is 819. The van der Waals surface area contributed by atoms with Crippen LogP contribution in [0.2, 0.25) is 5.02 Å². The van der Waals surface area contributed by atoms with Crippen LogP contribution in [0.3, 0.4) is 0 Å². The van der Waals surface area contributed by atoms with Crippen LogP contribution in [-0.2, 0) is 16.0 Å². The Hall–Kier alpha value is -2.86. The van der Waals surface area contributed by atoms with E-state index in [2.05, 4.69) is 10.7 Å². The summed E-state index contributed by atoms with van der Waals surface area (Å²) in [7, 11) is 0. The lowest BCUT2D eigenvalue weighted by Gasteiger charge is -2.27. The van der Waals surface area contributed by atoms with E-state index < -0.39 is 0 Å². The standard InChI is InChI=1S/C19H18ClN3O3/c20-15-5-1-13(2-6-15)11-12-21-19(26)14-3-7-16(8-4-14)23-18(25)10-9-17(24)22-23/h1-8H,9-12H2,(H,21,26)(H,22,24). The van der Waals surface area contributed by atoms with E-state index in [1.54, 1.807) is 24.3 Å². The van der Waals surface area contributed by atoms with Crippen LogP contribution >= 0.6 is 11.6 Å². The van der Waals surface area contributed by atoms with Gasteiger partial charge in [-0.2, -0.15) is 0 Å². The number of anilines is 1. The maximum absolute atomic E-state index is 12.2. The molecule has 7 heteroatoms. The van der Waals surface area contributed by atoms with Gasteiger partial charge in [-0.25, -0.2) is 5.01 Å². The fourth-order valence-corrected chi connectivity index (χ4v) is 2.75. The zero-order chi connectivity index (χ0) is 18.5. The van der Waals surface area contributed by atoms with Crippen LogP contribution in [0.4, 0.5) is 5.69 Å². The molecule has 6 nitrogen and oxygen atoms in total. The van der Waals surface area contributed by atoms with Crippen molar-refractivity contribution in [1.29, 1.82) is 0 Å². The summed E-state index contributed by atoms with van der Waals surface area (Å²) < 4.78 is 0. The third-order valence-corrected chi connectivity index (χ3v) is 4.30. The van der Waals surface area contributed by atoms with Crippen LogP contribution < -0.4 is 15.8 Å². The number of nitrogens with one attached hydrogen (secondary N) is 2. The molecule has 0 saturated carbocycles. The van der Waals surface area contributed by atoms with Gasteiger partial charge in [0.2, 0.25) is 11.8 Å². The van der Waals surface area contributed by atoms with E-state index in [1.165, 1.54) is 5.01 Å². The van der Waals surface area contributed by atoms with Gasteiger partial charge < -0.3 is 5.32 Å². The van der Waals surface area contributed by atoms with Gasteiger partial charge in [0.1, 0.15) is 0 Å². The minimum absolute atomic E-state index is 0.176. The highest BCUT2D eigenvalue weighted by atomic mass is 35.5. The molecule has 1 aliphatic rings. The number of benzene rings is 2. The fraction of sp³-hybridized carbons (Fsp3) is 0.211. The Labute approximate surface area is 156 Å². The Kier molecular flexibility index (Phi) is 5.53. The fourth-order valence-electron chi connectivity index (χ4n) is 2.62. The first-order chi connectivity index (χ1) is 12.5. The summed E-state index contributed by atoms with van der Waals surface area (Å²) >= 11 is 5.84. The van der Waals surface area contributed by atoms with Crippen LogP contribution in [0, 0.1) is 0 Å². The van der Waals surface area contributed by atoms with Gasteiger partial charge in [0.25, 0.3) is 5.91 Å². The van der Waals surface area contributed by atoms with Crippen molar-refractivity contribution < 1.29 is 14.4 Å². The van der Waals surface area contributed by atoms with E-state index in [9.17, 15) is 14.4 Å². The monoisotopic (exact) mass is 371 g/mol. The number of carbonyl (C=O) groups is 3. The van der Waals surface area contributed by atoms with Gasteiger partial charge in [0, 0.05) is 30.0 Å². The minimum Gasteiger partial charge on any atom is -0.352 e. The highest BCUT2D eigenvalue weighted by Gasteiger charge is 2.24. The molecule has 2 N–H and O–H groups in total. The summed E-state index contributed by atoms with van der Waals surface area (Å²) in [6.07, 6.45) is 1.08. The van der Waals surface area contributed by atoms with Crippen LogP contribution in [0.5, 0.6) is 0 Å². The summed E-state index contributed by atoms with van der Waals surface area (Å²) in [4.78, 5) is 35.5. The Balaban J connectivity index is 1.55. The molecule has 0 aromatic heterocycles. The van der Waals surface area contributed by atoms with Crippen LogP contribution in [0.15, 0.2) is 48.5 Å². The molecule has 1 saturated heterocycles. The molecule has 1 fully saturated rings. The predicted molar refractivity (Wildman–Crippen MR) is 98.8 cm³/mol. The van der Waals surface area contributed by atoms with Crippen LogP contribution in [-0.4, -0.2) is 24.3 Å². The summed E-state index contributed by atoms with van der Waals surface area (Å²) in [6, 6.07) is 14.0. The third-order valence-electron chi connectivity index (χ3n) is 4.05. The van der Waals surface area contributed by atoms with E-state index in [0.717, 1.165) is 5.56 Å². The summed E-state index contributed by atoms with van der Waals surface area (Å²) in [5, 5.41) is 4.75. The summed E-state index contributed by atoms with van der Waals surface area (Å²) in [5.74, 6) is -0.571. The second-order valence-corrected chi connectivity index (χ2v) is 6.38. The van der Waals surface area contributed by atoms with E-state index in [-0.39, 0.29) is 30.6 Å². The molecule has 0 radical (unpaired) electrons. The Morgan fingerprint density at radius 3 is 2.42 bits per heavy atom. The second kappa shape index (κ2) is 8.01. The number of rotatable bonds is 5. The van der Waals surface area contributed by atoms with Gasteiger partial charge in [-0.1, -0.05) is 23.7 Å². The predicted octanol–water partition coefficient (Wildman–Crippen LogP) is 2.47. The zero-order valence-electron chi connectivity index (χ0n) is 14.0.